The van der Waals surface area contributed by atoms with Crippen LogP contribution >= 0.6 is 0 Å². The third-order valence-electron chi connectivity index (χ3n) is 2.96. The fraction of sp³-hybridized carbons (Fsp3) is 0.278. The van der Waals surface area contributed by atoms with E-state index in [2.05, 4.69) is 0 Å². The summed E-state index contributed by atoms with van der Waals surface area (Å²) in [4.78, 5) is 10.6. The predicted octanol–water partition coefficient (Wildman–Crippen LogP) is 2.23. The van der Waals surface area contributed by atoms with Gasteiger partial charge in [0, 0.05) is 6.42 Å². The Morgan fingerprint density at radius 1 is 0.909 bits per heavy atom. The monoisotopic (exact) mass is 340 g/mol. The predicted molar refractivity (Wildman–Crippen MR) is 80.8 cm³/mol. The smallest absolute Gasteiger partial charge is 0.875 e. The number of hydrogen-bond acceptors (Lipinski definition) is 3. The molecule has 0 bridgehead atoms. The average molecular weight is 340 g/mol. The van der Waals surface area contributed by atoms with Crippen molar-refractivity contribution in [3.63, 3.8) is 0 Å². The molecule has 0 unspecified atom stereocenters. The number of Topliss-reactive ketones (excluding diaryl/α,β-unsaturated/α-hetero) is 1. The van der Waals surface area contributed by atoms with E-state index >= 15 is 0 Å². The Kier molecular flexibility index (Phi) is 8.54. The molecular formula is C18H20FeO3. The number of carbonyl (C=O) groups is 1. The minimum absolute atomic E-state index is 0. The summed E-state index contributed by atoms with van der Waals surface area (Å²) in [5, 5.41) is 21.9. The van der Waals surface area contributed by atoms with Gasteiger partial charge in [-0.15, -0.1) is 11.5 Å². The van der Waals surface area contributed by atoms with Crippen molar-refractivity contribution in [1.29, 1.82) is 0 Å². The first-order valence-corrected chi connectivity index (χ1v) is 6.80. The third-order valence-corrected chi connectivity index (χ3v) is 2.96. The Hall–Kier alpha value is -1.77. The molecule has 0 radical (unpaired) electrons. The maximum Gasteiger partial charge on any atom is 2.00 e. The zero-order chi connectivity index (χ0) is 16.0. The van der Waals surface area contributed by atoms with Crippen LogP contribution in [0.2, 0.25) is 0 Å². The first kappa shape index (κ1) is 20.2. The maximum atomic E-state index is 11.2. The van der Waals surface area contributed by atoms with E-state index in [0.29, 0.717) is 5.57 Å². The SMILES string of the molecule is CC(=O)CC([O-])=C1C=CC(C)=C1.CC1=CC(=C(C)[O-])C=C1.[Fe+2]. The van der Waals surface area contributed by atoms with E-state index in [4.69, 9.17) is 0 Å². The molecule has 0 aromatic carbocycles. The van der Waals surface area contributed by atoms with E-state index in [0.717, 1.165) is 16.7 Å². The van der Waals surface area contributed by atoms with Crippen LogP contribution in [0.5, 0.6) is 0 Å². The van der Waals surface area contributed by atoms with E-state index in [1.807, 2.05) is 38.2 Å². The Bertz CT molecular complexity index is 610. The van der Waals surface area contributed by atoms with Crippen LogP contribution in [0.15, 0.2) is 70.3 Å². The van der Waals surface area contributed by atoms with Crippen molar-refractivity contribution in [3.8, 4) is 0 Å². The fourth-order valence-electron chi connectivity index (χ4n) is 1.85. The summed E-state index contributed by atoms with van der Waals surface area (Å²) in [6.45, 7) is 6.90. The summed E-state index contributed by atoms with van der Waals surface area (Å²) in [5.74, 6) is -0.0300. The third kappa shape index (κ3) is 6.79. The van der Waals surface area contributed by atoms with Crippen LogP contribution in [-0.4, -0.2) is 5.78 Å². The van der Waals surface area contributed by atoms with Gasteiger partial charge < -0.3 is 10.2 Å². The van der Waals surface area contributed by atoms with E-state index in [9.17, 15) is 15.0 Å². The molecular weight excluding hydrogens is 320 g/mol. The Balaban J connectivity index is 0.000000397. The molecule has 22 heavy (non-hydrogen) atoms. The van der Waals surface area contributed by atoms with Crippen molar-refractivity contribution in [3.05, 3.63) is 70.3 Å². The van der Waals surface area contributed by atoms with Gasteiger partial charge in [-0.25, -0.2) is 0 Å². The second kappa shape index (κ2) is 9.29. The van der Waals surface area contributed by atoms with Gasteiger partial charge in [-0.3, -0.25) is 4.79 Å². The van der Waals surface area contributed by atoms with Crippen LogP contribution < -0.4 is 10.2 Å². The molecule has 0 fully saturated rings. The van der Waals surface area contributed by atoms with Crippen molar-refractivity contribution in [1.82, 2.24) is 0 Å². The molecule has 2 aliphatic carbocycles. The summed E-state index contributed by atoms with van der Waals surface area (Å²) in [5.41, 5.74) is 3.66. The molecule has 0 atom stereocenters. The summed E-state index contributed by atoms with van der Waals surface area (Å²) < 4.78 is 0. The van der Waals surface area contributed by atoms with Crippen LogP contribution in [0.1, 0.15) is 34.1 Å². The van der Waals surface area contributed by atoms with Gasteiger partial charge in [0.2, 0.25) is 0 Å². The number of rotatable bonds is 2. The molecule has 0 amide bonds. The Morgan fingerprint density at radius 3 is 1.64 bits per heavy atom. The van der Waals surface area contributed by atoms with Crippen molar-refractivity contribution in [2.75, 3.05) is 0 Å². The number of ketones is 1. The van der Waals surface area contributed by atoms with Crippen molar-refractivity contribution >= 4 is 5.78 Å². The van der Waals surface area contributed by atoms with Crippen molar-refractivity contribution in [2.24, 2.45) is 0 Å². The van der Waals surface area contributed by atoms with Gasteiger partial charge in [0.15, 0.2) is 0 Å². The normalized spacial score (nSPS) is 19.6. The minimum atomic E-state index is -0.0874. The van der Waals surface area contributed by atoms with E-state index in [1.54, 1.807) is 19.1 Å². The van der Waals surface area contributed by atoms with Gasteiger partial charge in [-0.2, -0.15) is 0 Å². The molecule has 0 spiro atoms. The topological polar surface area (TPSA) is 63.2 Å². The van der Waals surface area contributed by atoms with Crippen molar-refractivity contribution < 1.29 is 32.1 Å². The molecule has 0 aromatic rings. The molecule has 2 aliphatic rings. The zero-order valence-corrected chi connectivity index (χ0v) is 14.4. The van der Waals surface area contributed by atoms with Crippen LogP contribution in [0.25, 0.3) is 0 Å². The summed E-state index contributed by atoms with van der Waals surface area (Å²) in [6.07, 6.45) is 11.1. The molecule has 4 heteroatoms. The van der Waals surface area contributed by atoms with Gasteiger partial charge >= 0.3 is 17.1 Å². The largest absolute Gasteiger partial charge is 2.00 e. The minimum Gasteiger partial charge on any atom is -0.875 e. The van der Waals surface area contributed by atoms with Gasteiger partial charge in [-0.1, -0.05) is 54.5 Å². The molecule has 0 heterocycles. The Labute approximate surface area is 142 Å². The van der Waals surface area contributed by atoms with Crippen LogP contribution in [0.3, 0.4) is 0 Å². The summed E-state index contributed by atoms with van der Waals surface area (Å²) >= 11 is 0. The van der Waals surface area contributed by atoms with Crippen molar-refractivity contribution in [2.45, 2.75) is 34.1 Å². The molecule has 0 aromatic heterocycles. The summed E-state index contributed by atoms with van der Waals surface area (Å²) in [7, 11) is 0. The molecule has 0 aliphatic heterocycles. The molecule has 3 nitrogen and oxygen atoms in total. The molecule has 0 saturated carbocycles. The van der Waals surface area contributed by atoms with Gasteiger partial charge in [0.05, 0.1) is 0 Å². The van der Waals surface area contributed by atoms with Crippen LogP contribution in [0, 0.1) is 0 Å². The van der Waals surface area contributed by atoms with Crippen LogP contribution in [-0.2, 0) is 21.9 Å². The first-order valence-electron chi connectivity index (χ1n) is 6.80. The zero-order valence-electron chi connectivity index (χ0n) is 13.2. The molecule has 0 N–H and O–H groups in total. The first-order chi connectivity index (χ1) is 9.79. The average Bonchev–Trinajstić information content (AvgIpc) is 2.98. The summed E-state index contributed by atoms with van der Waals surface area (Å²) in [6, 6.07) is 0. The van der Waals surface area contributed by atoms with Crippen LogP contribution in [0.4, 0.5) is 0 Å². The quantitative estimate of drug-likeness (QED) is 0.572. The second-order valence-corrected chi connectivity index (χ2v) is 5.21. The van der Waals surface area contributed by atoms with E-state index in [-0.39, 0.29) is 40.8 Å². The fourth-order valence-corrected chi connectivity index (χ4v) is 1.85. The second-order valence-electron chi connectivity index (χ2n) is 5.21. The number of allylic oxidation sites excluding steroid dienone is 12. The standard InChI is InChI=1S/C10H12O2.C8H10O.Fe/c1-7-3-4-9(5-7)10(12)6-8(2)11;1-6-3-4-8(5-6)7(2)9;/h3-5,12H,6H2,1-2H3;3-5,9H,1-2H3;/q;;+2/p-2. The molecule has 118 valence electrons. The van der Waals surface area contributed by atoms with E-state index < -0.39 is 0 Å². The Morgan fingerprint density at radius 2 is 1.36 bits per heavy atom. The maximum absolute atomic E-state index is 11.2. The molecule has 2 rings (SSSR count). The number of hydrogen-bond donors (Lipinski definition) is 0. The number of carbonyl (C=O) groups excluding carboxylic acids is 1. The van der Waals surface area contributed by atoms with Gasteiger partial charge in [0.25, 0.3) is 0 Å². The van der Waals surface area contributed by atoms with Gasteiger partial charge in [-0.05, 0) is 31.9 Å². The molecule has 0 saturated heterocycles. The van der Waals surface area contributed by atoms with Gasteiger partial charge in [0.1, 0.15) is 5.78 Å². The van der Waals surface area contributed by atoms with E-state index in [1.165, 1.54) is 6.92 Å².